The lowest BCUT2D eigenvalue weighted by Crippen LogP contribution is -2.30. The zero-order chi connectivity index (χ0) is 12.3. The number of aromatic nitrogens is 1. The van der Waals surface area contributed by atoms with E-state index in [-0.39, 0.29) is 0 Å². The molecule has 2 atom stereocenters. The molecule has 0 radical (unpaired) electrons. The highest BCUT2D eigenvalue weighted by Crippen LogP contribution is 2.31. The third kappa shape index (κ3) is 3.27. The van der Waals surface area contributed by atoms with Gasteiger partial charge in [0.15, 0.2) is 0 Å². The van der Waals surface area contributed by atoms with Crippen LogP contribution in [-0.2, 0) is 6.54 Å². The van der Waals surface area contributed by atoms with Crippen molar-refractivity contribution in [3.8, 4) is 0 Å². The maximum Gasteiger partial charge on any atom is 0.0798 e. The van der Waals surface area contributed by atoms with Crippen LogP contribution in [0.15, 0.2) is 5.51 Å². The van der Waals surface area contributed by atoms with Crippen molar-refractivity contribution in [1.82, 2.24) is 9.88 Å². The van der Waals surface area contributed by atoms with E-state index in [9.17, 15) is 0 Å². The first kappa shape index (κ1) is 13.0. The zero-order valence-corrected chi connectivity index (χ0v) is 11.7. The van der Waals surface area contributed by atoms with Crippen LogP contribution in [0.2, 0.25) is 0 Å². The first-order valence-corrected chi connectivity index (χ1v) is 7.36. The Kier molecular flexibility index (Phi) is 4.54. The monoisotopic (exact) mass is 253 g/mol. The molecule has 2 rings (SSSR count). The molecule has 0 amide bonds. The molecule has 0 aromatic carbocycles. The average molecular weight is 253 g/mol. The minimum Gasteiger partial charge on any atom is -0.330 e. The molecule has 0 bridgehead atoms. The summed E-state index contributed by atoms with van der Waals surface area (Å²) < 4.78 is 0. The molecule has 4 heteroatoms. The second-order valence-electron chi connectivity index (χ2n) is 5.24. The first-order valence-electron chi connectivity index (χ1n) is 6.48. The van der Waals surface area contributed by atoms with Crippen LogP contribution in [0.1, 0.15) is 29.8 Å². The van der Waals surface area contributed by atoms with Gasteiger partial charge in [0, 0.05) is 18.0 Å². The van der Waals surface area contributed by atoms with Crippen molar-refractivity contribution in [1.29, 1.82) is 0 Å². The van der Waals surface area contributed by atoms with Crippen molar-refractivity contribution < 1.29 is 0 Å². The van der Waals surface area contributed by atoms with Crippen LogP contribution in [0.4, 0.5) is 0 Å². The lowest BCUT2D eigenvalue weighted by molar-refractivity contribution is 0.238. The fourth-order valence-electron chi connectivity index (χ4n) is 2.85. The van der Waals surface area contributed by atoms with E-state index in [0.29, 0.717) is 0 Å². The molecule has 3 nitrogen and oxygen atoms in total. The Hall–Kier alpha value is -0.450. The van der Waals surface area contributed by atoms with Gasteiger partial charge in [-0.1, -0.05) is 6.42 Å². The number of thiazole rings is 1. The first-order chi connectivity index (χ1) is 8.20. The summed E-state index contributed by atoms with van der Waals surface area (Å²) in [6.45, 7) is 5.17. The smallest absolute Gasteiger partial charge is 0.0798 e. The molecular formula is C13H23N3S. The molecule has 1 aromatic rings. The van der Waals surface area contributed by atoms with Crippen molar-refractivity contribution in [2.75, 3.05) is 20.1 Å². The van der Waals surface area contributed by atoms with Gasteiger partial charge in [0.25, 0.3) is 0 Å². The molecule has 2 N–H and O–H groups in total. The second kappa shape index (κ2) is 5.94. The predicted molar refractivity (Wildman–Crippen MR) is 73.1 cm³/mol. The summed E-state index contributed by atoms with van der Waals surface area (Å²) in [4.78, 5) is 8.13. The SMILES string of the molecule is Cc1ncsc1CN(C)CC1CCCC1CN. The lowest BCUT2D eigenvalue weighted by atomic mass is 9.96. The van der Waals surface area contributed by atoms with Crippen molar-refractivity contribution >= 4 is 11.3 Å². The van der Waals surface area contributed by atoms with Gasteiger partial charge >= 0.3 is 0 Å². The maximum absolute atomic E-state index is 5.83. The van der Waals surface area contributed by atoms with Gasteiger partial charge < -0.3 is 10.6 Å². The van der Waals surface area contributed by atoms with Crippen molar-refractivity contribution in [3.05, 3.63) is 16.1 Å². The summed E-state index contributed by atoms with van der Waals surface area (Å²) in [5.74, 6) is 1.55. The largest absolute Gasteiger partial charge is 0.330 e. The molecule has 17 heavy (non-hydrogen) atoms. The number of rotatable bonds is 5. The molecule has 96 valence electrons. The molecule has 1 aliphatic carbocycles. The van der Waals surface area contributed by atoms with Crippen LogP contribution in [-0.4, -0.2) is 30.0 Å². The number of nitrogens with two attached hydrogens (primary N) is 1. The molecule has 2 unspecified atom stereocenters. The van der Waals surface area contributed by atoms with Crippen LogP contribution in [0.25, 0.3) is 0 Å². The third-order valence-electron chi connectivity index (χ3n) is 3.92. The predicted octanol–water partition coefficient (Wildman–Crippen LogP) is 2.26. The van der Waals surface area contributed by atoms with Crippen LogP contribution in [0.5, 0.6) is 0 Å². The quantitative estimate of drug-likeness (QED) is 0.875. The van der Waals surface area contributed by atoms with Crippen molar-refractivity contribution in [2.45, 2.75) is 32.7 Å². The van der Waals surface area contributed by atoms with Gasteiger partial charge in [-0.05, 0) is 45.2 Å². The van der Waals surface area contributed by atoms with Gasteiger partial charge in [0.2, 0.25) is 0 Å². The van der Waals surface area contributed by atoms with Crippen LogP contribution in [0, 0.1) is 18.8 Å². The maximum atomic E-state index is 5.83. The van der Waals surface area contributed by atoms with Gasteiger partial charge in [-0.3, -0.25) is 0 Å². The van der Waals surface area contributed by atoms with E-state index in [4.69, 9.17) is 5.73 Å². The summed E-state index contributed by atoms with van der Waals surface area (Å²) in [6, 6.07) is 0. The van der Waals surface area contributed by atoms with E-state index in [0.717, 1.165) is 24.9 Å². The highest BCUT2D eigenvalue weighted by atomic mass is 32.1. The minimum absolute atomic E-state index is 0.750. The van der Waals surface area contributed by atoms with E-state index in [2.05, 4.69) is 23.9 Å². The molecule has 0 spiro atoms. The molecule has 1 fully saturated rings. The second-order valence-corrected chi connectivity index (χ2v) is 6.18. The van der Waals surface area contributed by atoms with Gasteiger partial charge in [-0.25, -0.2) is 4.98 Å². The van der Waals surface area contributed by atoms with Crippen LogP contribution in [0.3, 0.4) is 0 Å². The topological polar surface area (TPSA) is 42.2 Å². The Morgan fingerprint density at radius 3 is 2.88 bits per heavy atom. The van der Waals surface area contributed by atoms with E-state index in [1.165, 1.54) is 36.4 Å². The summed E-state index contributed by atoms with van der Waals surface area (Å²) in [5, 5.41) is 0. The van der Waals surface area contributed by atoms with Crippen LogP contribution < -0.4 is 5.73 Å². The Labute approximate surface area is 108 Å². The molecule has 1 aliphatic rings. The summed E-state index contributed by atoms with van der Waals surface area (Å²) in [5.41, 5.74) is 8.96. The zero-order valence-electron chi connectivity index (χ0n) is 10.9. The highest BCUT2D eigenvalue weighted by molar-refractivity contribution is 7.09. The van der Waals surface area contributed by atoms with Gasteiger partial charge in [-0.2, -0.15) is 0 Å². The molecule has 1 aromatic heterocycles. The van der Waals surface area contributed by atoms with Crippen LogP contribution >= 0.6 is 11.3 Å². The highest BCUT2D eigenvalue weighted by Gasteiger charge is 2.26. The molecule has 0 aliphatic heterocycles. The number of hydrogen-bond acceptors (Lipinski definition) is 4. The molecular weight excluding hydrogens is 230 g/mol. The Morgan fingerprint density at radius 2 is 2.24 bits per heavy atom. The fraction of sp³-hybridized carbons (Fsp3) is 0.769. The number of nitrogens with zero attached hydrogens (tertiary/aromatic N) is 2. The normalized spacial score (nSPS) is 24.7. The standard InChI is InChI=1S/C13H23N3S/c1-10-13(17-9-15-10)8-16(2)7-12-5-3-4-11(12)6-14/h9,11-12H,3-8,14H2,1-2H3. The van der Waals surface area contributed by atoms with Crippen molar-refractivity contribution in [3.63, 3.8) is 0 Å². The van der Waals surface area contributed by atoms with Gasteiger partial charge in [-0.15, -0.1) is 11.3 Å². The van der Waals surface area contributed by atoms with E-state index >= 15 is 0 Å². The average Bonchev–Trinajstić information content (AvgIpc) is 2.89. The molecule has 1 heterocycles. The number of aryl methyl sites for hydroxylation is 1. The minimum atomic E-state index is 0.750. The van der Waals surface area contributed by atoms with Gasteiger partial charge in [0.05, 0.1) is 11.2 Å². The van der Waals surface area contributed by atoms with Gasteiger partial charge in [0.1, 0.15) is 0 Å². The summed E-state index contributed by atoms with van der Waals surface area (Å²) in [6.07, 6.45) is 4.04. The Balaban J connectivity index is 1.85. The summed E-state index contributed by atoms with van der Waals surface area (Å²) in [7, 11) is 2.21. The molecule has 1 saturated carbocycles. The number of hydrogen-bond donors (Lipinski definition) is 1. The third-order valence-corrected chi connectivity index (χ3v) is 4.84. The van der Waals surface area contributed by atoms with Crippen molar-refractivity contribution in [2.24, 2.45) is 17.6 Å². The Bertz CT molecular complexity index is 350. The van der Waals surface area contributed by atoms with E-state index in [1.54, 1.807) is 11.3 Å². The van der Waals surface area contributed by atoms with E-state index < -0.39 is 0 Å². The van der Waals surface area contributed by atoms with E-state index in [1.807, 2.05) is 5.51 Å². The Morgan fingerprint density at radius 1 is 1.47 bits per heavy atom. The molecule has 0 saturated heterocycles. The fourth-order valence-corrected chi connectivity index (χ4v) is 3.71. The summed E-state index contributed by atoms with van der Waals surface area (Å²) >= 11 is 1.76. The lowest BCUT2D eigenvalue weighted by Gasteiger charge is -2.24.